The second-order valence-electron chi connectivity index (χ2n) is 8.89. The highest BCUT2D eigenvalue weighted by Gasteiger charge is 2.31. The molecule has 5 rings (SSSR count). The van der Waals surface area contributed by atoms with Crippen LogP contribution in [0.1, 0.15) is 62.0 Å². The van der Waals surface area contributed by atoms with Crippen molar-refractivity contribution in [2.24, 2.45) is 5.92 Å². The van der Waals surface area contributed by atoms with E-state index in [4.69, 9.17) is 4.98 Å². The molecule has 1 aliphatic carbocycles. The molecule has 1 saturated heterocycles. The van der Waals surface area contributed by atoms with Gasteiger partial charge in [-0.15, -0.1) is 0 Å². The highest BCUT2D eigenvalue weighted by atomic mass is 16.2. The van der Waals surface area contributed by atoms with Gasteiger partial charge in [-0.1, -0.05) is 19.1 Å². The first-order chi connectivity index (χ1) is 14.6. The summed E-state index contributed by atoms with van der Waals surface area (Å²) in [7, 11) is 0. The van der Waals surface area contributed by atoms with Gasteiger partial charge in [0.25, 0.3) is 0 Å². The number of benzene rings is 1. The molecule has 2 atom stereocenters. The van der Waals surface area contributed by atoms with Gasteiger partial charge in [-0.2, -0.15) is 0 Å². The van der Waals surface area contributed by atoms with E-state index in [1.54, 1.807) is 0 Å². The normalized spacial score (nSPS) is 22.6. The van der Waals surface area contributed by atoms with Crippen molar-refractivity contribution in [1.82, 2.24) is 19.8 Å². The third-order valence-electron chi connectivity index (χ3n) is 6.94. The Bertz CT molecular complexity index is 958. The van der Waals surface area contributed by atoms with E-state index >= 15 is 0 Å². The van der Waals surface area contributed by atoms with Gasteiger partial charge in [0.15, 0.2) is 0 Å². The average molecular weight is 407 g/mol. The molecule has 1 aromatic carbocycles. The van der Waals surface area contributed by atoms with E-state index in [0.717, 1.165) is 56.5 Å². The third kappa shape index (κ3) is 3.53. The Morgan fingerprint density at radius 3 is 2.90 bits per heavy atom. The number of likely N-dealkylation sites (tertiary alicyclic amines) is 1. The zero-order valence-electron chi connectivity index (χ0n) is 17.7. The highest BCUT2D eigenvalue weighted by molar-refractivity contribution is 5.82. The number of aryl methyl sites for hydroxylation is 3. The van der Waals surface area contributed by atoms with Gasteiger partial charge in [-0.05, 0) is 49.3 Å². The molecule has 3 aliphatic rings. The van der Waals surface area contributed by atoms with Crippen LogP contribution in [0.4, 0.5) is 0 Å². The standard InChI is InChI=1S/C24H30N4O2/c1-2-23(29)28-12-3-5-18(14-28)24(30)26-20-10-9-16-7-8-17(13-19(16)20)21-15-27-11-4-6-22(27)25-21/h7-8,13,15,18,20H,2-6,9-12,14H2,1H3,(H,26,30)/t18?,20-/m1/s1. The maximum atomic E-state index is 13.0. The Labute approximate surface area is 177 Å². The number of amides is 2. The lowest BCUT2D eigenvalue weighted by Crippen LogP contribution is -2.45. The van der Waals surface area contributed by atoms with E-state index in [-0.39, 0.29) is 23.8 Å². The summed E-state index contributed by atoms with van der Waals surface area (Å²) in [4.78, 5) is 31.7. The molecule has 0 saturated carbocycles. The fraction of sp³-hybridized carbons (Fsp3) is 0.542. The van der Waals surface area contributed by atoms with Crippen molar-refractivity contribution in [1.29, 1.82) is 0 Å². The SMILES string of the molecule is CCC(=O)N1CCCC(C(=O)N[C@@H]2CCc3ccc(-c4cn5c(n4)CCC5)cc32)C1. The fourth-order valence-electron chi connectivity index (χ4n) is 5.24. The Morgan fingerprint density at radius 2 is 2.07 bits per heavy atom. The maximum absolute atomic E-state index is 13.0. The molecule has 6 heteroatoms. The maximum Gasteiger partial charge on any atom is 0.225 e. The van der Waals surface area contributed by atoms with Crippen molar-refractivity contribution in [3.63, 3.8) is 0 Å². The first-order valence-electron chi connectivity index (χ1n) is 11.4. The summed E-state index contributed by atoms with van der Waals surface area (Å²) in [5.74, 6) is 1.32. The van der Waals surface area contributed by atoms with Gasteiger partial charge in [-0.25, -0.2) is 4.98 Å². The first kappa shape index (κ1) is 19.3. The van der Waals surface area contributed by atoms with Crippen molar-refractivity contribution in [3.8, 4) is 11.3 Å². The Morgan fingerprint density at radius 1 is 1.17 bits per heavy atom. The van der Waals surface area contributed by atoms with Gasteiger partial charge >= 0.3 is 0 Å². The molecule has 0 radical (unpaired) electrons. The zero-order valence-corrected chi connectivity index (χ0v) is 17.7. The lowest BCUT2D eigenvalue weighted by Gasteiger charge is -2.32. The van der Waals surface area contributed by atoms with E-state index in [1.807, 2.05) is 11.8 Å². The predicted octanol–water partition coefficient (Wildman–Crippen LogP) is 3.25. The Balaban J connectivity index is 1.30. The van der Waals surface area contributed by atoms with Crippen molar-refractivity contribution < 1.29 is 9.59 Å². The number of aromatic nitrogens is 2. The molecular weight excluding hydrogens is 376 g/mol. The molecule has 1 unspecified atom stereocenters. The summed E-state index contributed by atoms with van der Waals surface area (Å²) in [6.45, 7) is 4.28. The quantitative estimate of drug-likeness (QED) is 0.848. The second kappa shape index (κ2) is 7.89. The number of nitrogens with one attached hydrogen (secondary N) is 1. The van der Waals surface area contributed by atoms with Crippen LogP contribution >= 0.6 is 0 Å². The molecule has 0 bridgehead atoms. The number of imidazole rings is 1. The summed E-state index contributed by atoms with van der Waals surface area (Å²) >= 11 is 0. The number of fused-ring (bicyclic) bond motifs is 2. The minimum atomic E-state index is -0.0994. The summed E-state index contributed by atoms with van der Waals surface area (Å²) in [6.07, 6.45) is 8.60. The second-order valence-corrected chi connectivity index (χ2v) is 8.89. The summed E-state index contributed by atoms with van der Waals surface area (Å²) < 4.78 is 2.26. The van der Waals surface area contributed by atoms with Crippen LogP contribution in [0.5, 0.6) is 0 Å². The van der Waals surface area contributed by atoms with Gasteiger partial charge < -0.3 is 14.8 Å². The Kier molecular flexibility index (Phi) is 5.09. The van der Waals surface area contributed by atoms with Gasteiger partial charge in [-0.3, -0.25) is 9.59 Å². The van der Waals surface area contributed by atoms with Gasteiger partial charge in [0.1, 0.15) is 5.82 Å². The Hall–Kier alpha value is -2.63. The summed E-state index contributed by atoms with van der Waals surface area (Å²) in [5.41, 5.74) is 4.72. The van der Waals surface area contributed by atoms with Gasteiger partial charge in [0, 0.05) is 44.2 Å². The summed E-state index contributed by atoms with van der Waals surface area (Å²) in [6, 6.07) is 6.64. The van der Waals surface area contributed by atoms with Crippen LogP contribution in [-0.4, -0.2) is 39.4 Å². The molecular formula is C24H30N4O2. The molecule has 6 nitrogen and oxygen atoms in total. The minimum Gasteiger partial charge on any atom is -0.349 e. The predicted molar refractivity (Wildman–Crippen MR) is 115 cm³/mol. The molecule has 30 heavy (non-hydrogen) atoms. The number of hydrogen-bond donors (Lipinski definition) is 1. The average Bonchev–Trinajstić information content (AvgIpc) is 3.48. The van der Waals surface area contributed by atoms with Crippen molar-refractivity contribution in [3.05, 3.63) is 41.3 Å². The van der Waals surface area contributed by atoms with Crippen molar-refractivity contribution in [2.75, 3.05) is 13.1 Å². The van der Waals surface area contributed by atoms with E-state index in [0.29, 0.717) is 13.0 Å². The first-order valence-corrected chi connectivity index (χ1v) is 11.4. The van der Waals surface area contributed by atoms with E-state index in [9.17, 15) is 9.59 Å². The molecule has 1 aromatic heterocycles. The fourth-order valence-corrected chi connectivity index (χ4v) is 5.24. The van der Waals surface area contributed by atoms with Crippen LogP contribution < -0.4 is 5.32 Å². The van der Waals surface area contributed by atoms with Crippen LogP contribution in [0.3, 0.4) is 0 Å². The third-order valence-corrected chi connectivity index (χ3v) is 6.94. The zero-order chi connectivity index (χ0) is 20.7. The monoisotopic (exact) mass is 406 g/mol. The molecule has 158 valence electrons. The topological polar surface area (TPSA) is 67.2 Å². The van der Waals surface area contributed by atoms with Crippen LogP contribution in [-0.2, 0) is 29.0 Å². The van der Waals surface area contributed by atoms with Crippen LogP contribution in [0.25, 0.3) is 11.3 Å². The van der Waals surface area contributed by atoms with Crippen molar-refractivity contribution in [2.45, 2.75) is 64.5 Å². The van der Waals surface area contributed by atoms with Gasteiger partial charge in [0.2, 0.25) is 11.8 Å². The molecule has 2 aliphatic heterocycles. The minimum absolute atomic E-state index is 0.0548. The highest BCUT2D eigenvalue weighted by Crippen LogP contribution is 2.35. The number of carbonyl (C=O) groups excluding carboxylic acids is 2. The number of rotatable bonds is 4. The molecule has 0 spiro atoms. The lowest BCUT2D eigenvalue weighted by atomic mass is 9.96. The number of piperidine rings is 1. The number of carbonyl (C=O) groups is 2. The van der Waals surface area contributed by atoms with E-state index in [1.165, 1.54) is 23.4 Å². The number of nitrogens with zero attached hydrogens (tertiary/aromatic N) is 3. The largest absolute Gasteiger partial charge is 0.349 e. The van der Waals surface area contributed by atoms with Crippen LogP contribution in [0.15, 0.2) is 24.4 Å². The van der Waals surface area contributed by atoms with Crippen LogP contribution in [0, 0.1) is 5.92 Å². The molecule has 2 amide bonds. The number of hydrogen-bond acceptors (Lipinski definition) is 3. The molecule has 2 aromatic rings. The molecule has 1 fully saturated rings. The van der Waals surface area contributed by atoms with Gasteiger partial charge in [0.05, 0.1) is 17.7 Å². The lowest BCUT2D eigenvalue weighted by molar-refractivity contribution is -0.135. The van der Waals surface area contributed by atoms with Crippen LogP contribution in [0.2, 0.25) is 0 Å². The molecule has 1 N–H and O–H groups in total. The smallest absolute Gasteiger partial charge is 0.225 e. The molecule has 3 heterocycles. The summed E-state index contributed by atoms with van der Waals surface area (Å²) in [5, 5.41) is 3.30. The van der Waals surface area contributed by atoms with E-state index < -0.39 is 0 Å². The van der Waals surface area contributed by atoms with Crippen molar-refractivity contribution >= 4 is 11.8 Å². The van der Waals surface area contributed by atoms with E-state index in [2.05, 4.69) is 34.3 Å².